The molecule has 0 heterocycles. The van der Waals surface area contributed by atoms with Gasteiger partial charge in [-0.2, -0.15) is 0 Å². The molecule has 1 aromatic carbocycles. The molecule has 1 saturated carbocycles. The van der Waals surface area contributed by atoms with Crippen LogP contribution in [0.2, 0.25) is 0 Å². The monoisotopic (exact) mass is 255 g/mol. The van der Waals surface area contributed by atoms with Gasteiger partial charge < -0.3 is 10.5 Å². The lowest BCUT2D eigenvalue weighted by atomic mass is 9.99. The molecule has 0 spiro atoms. The molecule has 0 amide bonds. The summed E-state index contributed by atoms with van der Waals surface area (Å²) in [6, 6.07) is 8.40. The van der Waals surface area contributed by atoms with Crippen LogP contribution in [0.5, 0.6) is 5.75 Å². The van der Waals surface area contributed by atoms with Crippen LogP contribution in [-0.2, 0) is 0 Å². The van der Waals surface area contributed by atoms with Crippen molar-refractivity contribution in [2.75, 3.05) is 6.61 Å². The van der Waals surface area contributed by atoms with Crippen molar-refractivity contribution in [3.8, 4) is 5.75 Å². The molecule has 0 aromatic heterocycles. The van der Waals surface area contributed by atoms with Crippen molar-refractivity contribution in [3.05, 3.63) is 29.8 Å². The molecule has 96 valence electrons. The van der Waals surface area contributed by atoms with Gasteiger partial charge in [0.1, 0.15) is 12.4 Å². The van der Waals surface area contributed by atoms with Crippen molar-refractivity contribution in [1.82, 2.24) is 0 Å². The first-order valence-corrected chi connectivity index (χ1v) is 6.14. The maximum Gasteiger partial charge on any atom is 0.119 e. The van der Waals surface area contributed by atoms with Gasteiger partial charge in [-0.25, -0.2) is 0 Å². The normalized spacial score (nSPS) is 18.1. The Morgan fingerprint density at radius 3 is 2.35 bits per heavy atom. The fraction of sp³-hybridized carbons (Fsp3) is 0.571. The Morgan fingerprint density at radius 2 is 1.88 bits per heavy atom. The Hall–Kier alpha value is -0.730. The predicted octanol–water partition coefficient (Wildman–Crippen LogP) is 3.49. The van der Waals surface area contributed by atoms with E-state index in [4.69, 9.17) is 10.5 Å². The average Bonchev–Trinajstić information content (AvgIpc) is 3.05. The van der Waals surface area contributed by atoms with Crippen LogP contribution < -0.4 is 10.5 Å². The minimum atomic E-state index is -0.0324. The molecule has 1 fully saturated rings. The molecular formula is C14H22ClNO. The van der Waals surface area contributed by atoms with Gasteiger partial charge in [0.15, 0.2) is 0 Å². The van der Waals surface area contributed by atoms with E-state index in [-0.39, 0.29) is 17.9 Å². The van der Waals surface area contributed by atoms with Crippen LogP contribution in [0.4, 0.5) is 0 Å². The minimum absolute atomic E-state index is 0. The van der Waals surface area contributed by atoms with E-state index < -0.39 is 0 Å². The number of ether oxygens (including phenoxy) is 1. The standard InChI is InChI=1S/C14H21NO.ClH/c1-3-11(2)12-4-6-13(7-5-12)16-10-14(15)8-9-14;/h4-7,11H,3,8-10,15H2,1-2H3;1H. The number of benzene rings is 1. The molecule has 1 atom stereocenters. The number of hydrogen-bond donors (Lipinski definition) is 1. The fourth-order valence-electron chi connectivity index (χ4n) is 1.66. The number of halogens is 1. The van der Waals surface area contributed by atoms with Gasteiger partial charge in [-0.15, -0.1) is 12.4 Å². The molecule has 0 aliphatic heterocycles. The molecule has 1 aliphatic carbocycles. The zero-order valence-electron chi connectivity index (χ0n) is 10.6. The van der Waals surface area contributed by atoms with Gasteiger partial charge in [0.05, 0.1) is 5.54 Å². The zero-order chi connectivity index (χ0) is 11.6. The quantitative estimate of drug-likeness (QED) is 0.874. The van der Waals surface area contributed by atoms with E-state index in [1.54, 1.807) is 0 Å². The lowest BCUT2D eigenvalue weighted by Crippen LogP contribution is -2.29. The molecule has 2 nitrogen and oxygen atoms in total. The highest BCUT2D eigenvalue weighted by molar-refractivity contribution is 5.85. The van der Waals surface area contributed by atoms with Gasteiger partial charge in [0.2, 0.25) is 0 Å². The topological polar surface area (TPSA) is 35.2 Å². The highest BCUT2D eigenvalue weighted by atomic mass is 35.5. The van der Waals surface area contributed by atoms with Crippen LogP contribution in [-0.4, -0.2) is 12.1 Å². The molecule has 0 saturated heterocycles. The lowest BCUT2D eigenvalue weighted by molar-refractivity contribution is 0.279. The van der Waals surface area contributed by atoms with E-state index in [2.05, 4.69) is 26.0 Å². The van der Waals surface area contributed by atoms with Crippen molar-refractivity contribution in [2.24, 2.45) is 5.73 Å². The van der Waals surface area contributed by atoms with E-state index >= 15 is 0 Å². The van der Waals surface area contributed by atoms with Gasteiger partial charge in [-0.1, -0.05) is 26.0 Å². The number of hydrogen-bond acceptors (Lipinski definition) is 2. The molecule has 1 aromatic rings. The Labute approximate surface area is 110 Å². The largest absolute Gasteiger partial charge is 0.492 e. The second-order valence-corrected chi connectivity index (χ2v) is 5.03. The molecule has 1 aliphatic rings. The van der Waals surface area contributed by atoms with Crippen LogP contribution in [0.15, 0.2) is 24.3 Å². The van der Waals surface area contributed by atoms with Gasteiger partial charge in [-0.3, -0.25) is 0 Å². The van der Waals surface area contributed by atoms with E-state index in [9.17, 15) is 0 Å². The molecule has 3 heteroatoms. The second kappa shape index (κ2) is 5.74. The third-order valence-corrected chi connectivity index (χ3v) is 3.48. The molecule has 0 bridgehead atoms. The first kappa shape index (κ1) is 14.3. The smallest absolute Gasteiger partial charge is 0.119 e. The molecule has 17 heavy (non-hydrogen) atoms. The summed E-state index contributed by atoms with van der Waals surface area (Å²) in [6.07, 6.45) is 3.36. The average molecular weight is 256 g/mol. The summed E-state index contributed by atoms with van der Waals surface area (Å²) in [6.45, 7) is 5.10. The van der Waals surface area contributed by atoms with E-state index in [0.29, 0.717) is 12.5 Å². The summed E-state index contributed by atoms with van der Waals surface area (Å²) in [5, 5.41) is 0. The molecular weight excluding hydrogens is 234 g/mol. The SMILES string of the molecule is CCC(C)c1ccc(OCC2(N)CC2)cc1.Cl. The van der Waals surface area contributed by atoms with E-state index in [1.165, 1.54) is 12.0 Å². The van der Waals surface area contributed by atoms with Gasteiger partial charge in [0.25, 0.3) is 0 Å². The number of nitrogens with two attached hydrogens (primary N) is 1. The van der Waals surface area contributed by atoms with Gasteiger partial charge in [0, 0.05) is 0 Å². The van der Waals surface area contributed by atoms with Gasteiger partial charge in [-0.05, 0) is 42.9 Å². The van der Waals surface area contributed by atoms with Crippen LogP contribution >= 0.6 is 12.4 Å². The summed E-state index contributed by atoms with van der Waals surface area (Å²) in [4.78, 5) is 0. The summed E-state index contributed by atoms with van der Waals surface area (Å²) >= 11 is 0. The highest BCUT2D eigenvalue weighted by Gasteiger charge is 2.39. The summed E-state index contributed by atoms with van der Waals surface area (Å²) in [5.74, 6) is 1.56. The van der Waals surface area contributed by atoms with Crippen LogP contribution in [0.25, 0.3) is 0 Å². The van der Waals surface area contributed by atoms with Crippen molar-refractivity contribution >= 4 is 12.4 Å². The Kier molecular flexibility index (Phi) is 4.84. The molecule has 2 rings (SSSR count). The van der Waals surface area contributed by atoms with Crippen molar-refractivity contribution < 1.29 is 4.74 Å². The first-order chi connectivity index (χ1) is 7.63. The second-order valence-electron chi connectivity index (χ2n) is 5.03. The van der Waals surface area contributed by atoms with E-state index in [0.717, 1.165) is 18.6 Å². The minimum Gasteiger partial charge on any atom is -0.492 e. The summed E-state index contributed by atoms with van der Waals surface area (Å²) in [7, 11) is 0. The first-order valence-electron chi connectivity index (χ1n) is 6.14. The Morgan fingerprint density at radius 1 is 1.29 bits per heavy atom. The van der Waals surface area contributed by atoms with E-state index in [1.807, 2.05) is 12.1 Å². The fourth-order valence-corrected chi connectivity index (χ4v) is 1.66. The highest BCUT2D eigenvalue weighted by Crippen LogP contribution is 2.32. The third kappa shape index (κ3) is 3.90. The van der Waals surface area contributed by atoms with Gasteiger partial charge >= 0.3 is 0 Å². The van der Waals surface area contributed by atoms with Crippen molar-refractivity contribution in [1.29, 1.82) is 0 Å². The molecule has 0 radical (unpaired) electrons. The zero-order valence-corrected chi connectivity index (χ0v) is 11.4. The maximum absolute atomic E-state index is 5.97. The van der Waals surface area contributed by atoms with Crippen LogP contribution in [0, 0.1) is 0 Å². The van der Waals surface area contributed by atoms with Crippen LogP contribution in [0.1, 0.15) is 44.6 Å². The van der Waals surface area contributed by atoms with Crippen molar-refractivity contribution in [3.63, 3.8) is 0 Å². The Bertz CT molecular complexity index is 346. The number of rotatable bonds is 5. The summed E-state index contributed by atoms with van der Waals surface area (Å²) in [5.41, 5.74) is 7.32. The molecule has 1 unspecified atom stereocenters. The van der Waals surface area contributed by atoms with Crippen molar-refractivity contribution in [2.45, 2.75) is 44.6 Å². The van der Waals surface area contributed by atoms with Crippen LogP contribution in [0.3, 0.4) is 0 Å². The Balaban J connectivity index is 0.00000144. The maximum atomic E-state index is 5.97. The summed E-state index contributed by atoms with van der Waals surface area (Å²) < 4.78 is 5.68. The molecule has 2 N–H and O–H groups in total. The third-order valence-electron chi connectivity index (χ3n) is 3.48. The lowest BCUT2D eigenvalue weighted by Gasteiger charge is -2.13. The predicted molar refractivity (Wildman–Crippen MR) is 74.0 cm³/mol.